The van der Waals surface area contributed by atoms with Gasteiger partial charge in [-0.2, -0.15) is 0 Å². The van der Waals surface area contributed by atoms with Crippen LogP contribution in [0.3, 0.4) is 0 Å². The Kier molecular flexibility index (Phi) is 5.06. The normalized spacial score (nSPS) is 12.7. The minimum absolute atomic E-state index is 0.0215. The molecule has 0 bridgehead atoms. The molecule has 0 saturated heterocycles. The fraction of sp³-hybridized carbons (Fsp3) is 0.250. The van der Waals surface area contributed by atoms with E-state index in [-0.39, 0.29) is 27.4 Å². The predicted octanol–water partition coefficient (Wildman–Crippen LogP) is 2.54. The van der Waals surface area contributed by atoms with Crippen LogP contribution in [0, 0.1) is 0 Å². The molecule has 0 aliphatic carbocycles. The Morgan fingerprint density at radius 3 is 2.52 bits per heavy atom. The van der Waals surface area contributed by atoms with Crippen LogP contribution >= 0.6 is 11.6 Å². The molecule has 122 valence electrons. The minimum Gasteiger partial charge on any atom is -0.268 e. The Morgan fingerprint density at radius 1 is 1.22 bits per heavy atom. The van der Waals surface area contributed by atoms with Gasteiger partial charge in [-0.3, -0.25) is 14.4 Å². The molecule has 0 saturated carbocycles. The highest BCUT2D eigenvalue weighted by molar-refractivity contribution is 7.90. The zero-order valence-corrected chi connectivity index (χ0v) is 14.6. The molecule has 2 aromatic rings. The van der Waals surface area contributed by atoms with Gasteiger partial charge in [0.2, 0.25) is 0 Å². The fourth-order valence-corrected chi connectivity index (χ4v) is 3.34. The monoisotopic (exact) mass is 352 g/mol. The Labute approximate surface area is 140 Å². The van der Waals surface area contributed by atoms with Crippen LogP contribution < -0.4 is 5.49 Å². The van der Waals surface area contributed by atoms with Crippen LogP contribution in [-0.4, -0.2) is 31.2 Å². The zero-order valence-electron chi connectivity index (χ0n) is 13.0. The second-order valence-electron chi connectivity index (χ2n) is 5.37. The van der Waals surface area contributed by atoms with Crippen molar-refractivity contribution in [3.8, 4) is 0 Å². The van der Waals surface area contributed by atoms with Gasteiger partial charge in [0.1, 0.15) is 5.49 Å². The maximum Gasteiger partial charge on any atom is 0.263 e. The lowest BCUT2D eigenvalue weighted by Crippen LogP contribution is -2.28. The van der Waals surface area contributed by atoms with Gasteiger partial charge >= 0.3 is 0 Å². The predicted molar refractivity (Wildman–Crippen MR) is 89.4 cm³/mol. The van der Waals surface area contributed by atoms with E-state index in [4.69, 9.17) is 11.6 Å². The Morgan fingerprint density at radius 2 is 1.91 bits per heavy atom. The molecule has 1 aromatic carbocycles. The van der Waals surface area contributed by atoms with E-state index in [1.807, 2.05) is 13.8 Å². The maximum atomic E-state index is 12.7. The van der Waals surface area contributed by atoms with E-state index >= 15 is 0 Å². The highest BCUT2D eigenvalue weighted by Crippen LogP contribution is 2.22. The van der Waals surface area contributed by atoms with Crippen molar-refractivity contribution in [1.29, 1.82) is 0 Å². The molecular weight excluding hydrogens is 336 g/mol. The third-order valence-electron chi connectivity index (χ3n) is 3.03. The molecule has 2 rings (SSSR count). The van der Waals surface area contributed by atoms with Crippen molar-refractivity contribution in [2.75, 3.05) is 6.26 Å². The van der Waals surface area contributed by atoms with Gasteiger partial charge in [0.05, 0.1) is 9.92 Å². The van der Waals surface area contributed by atoms with Crippen LogP contribution in [0.5, 0.6) is 0 Å². The molecule has 5 nitrogen and oxygen atoms in total. The van der Waals surface area contributed by atoms with Crippen LogP contribution in [-0.2, 0) is 9.84 Å². The van der Waals surface area contributed by atoms with E-state index in [1.54, 1.807) is 24.4 Å². The lowest BCUT2D eigenvalue weighted by molar-refractivity contribution is 0.0954. The summed E-state index contributed by atoms with van der Waals surface area (Å²) in [4.78, 5) is 17.0. The van der Waals surface area contributed by atoms with Crippen molar-refractivity contribution in [2.24, 2.45) is 4.99 Å². The van der Waals surface area contributed by atoms with Crippen molar-refractivity contribution >= 4 is 27.3 Å². The number of sulfone groups is 1. The van der Waals surface area contributed by atoms with Crippen LogP contribution in [0.4, 0.5) is 0 Å². The molecule has 0 radical (unpaired) electrons. The molecule has 1 heterocycles. The fourth-order valence-electron chi connectivity index (χ4n) is 2.04. The molecule has 0 N–H and O–H groups in total. The molecule has 0 fully saturated rings. The summed E-state index contributed by atoms with van der Waals surface area (Å²) in [7, 11) is -3.52. The summed E-state index contributed by atoms with van der Waals surface area (Å²) in [5.41, 5.74) is 0.731. The third-order valence-corrected chi connectivity index (χ3v) is 4.60. The number of carbonyl (C=O) groups excluding carboxylic acids is 1. The smallest absolute Gasteiger partial charge is 0.263 e. The van der Waals surface area contributed by atoms with Gasteiger partial charge in [0.15, 0.2) is 9.84 Å². The topological polar surface area (TPSA) is 68.5 Å². The zero-order chi connectivity index (χ0) is 17.2. The largest absolute Gasteiger partial charge is 0.268 e. The summed E-state index contributed by atoms with van der Waals surface area (Å²) in [5, 5.41) is 0.0919. The first-order chi connectivity index (χ1) is 10.7. The number of aromatic nitrogens is 1. The summed E-state index contributed by atoms with van der Waals surface area (Å²) in [6.07, 6.45) is 2.65. The lowest BCUT2D eigenvalue weighted by atomic mass is 10.2. The highest BCUT2D eigenvalue weighted by Gasteiger charge is 2.17. The van der Waals surface area contributed by atoms with Gasteiger partial charge < -0.3 is 0 Å². The molecule has 0 aliphatic heterocycles. The Bertz CT molecular complexity index is 915. The van der Waals surface area contributed by atoms with Gasteiger partial charge in [-0.1, -0.05) is 17.7 Å². The molecule has 0 atom stereocenters. The Balaban J connectivity index is 2.60. The van der Waals surface area contributed by atoms with E-state index in [0.29, 0.717) is 5.49 Å². The molecular formula is C16H17ClN2O3S. The molecule has 7 heteroatoms. The quantitative estimate of drug-likeness (QED) is 0.852. The van der Waals surface area contributed by atoms with E-state index < -0.39 is 9.84 Å². The number of carbonyl (C=O) groups is 1. The highest BCUT2D eigenvalue weighted by atomic mass is 35.5. The van der Waals surface area contributed by atoms with Gasteiger partial charge in [0, 0.05) is 24.1 Å². The first-order valence-corrected chi connectivity index (χ1v) is 9.23. The third kappa shape index (κ3) is 4.09. The van der Waals surface area contributed by atoms with Gasteiger partial charge in [-0.05, 0) is 44.2 Å². The van der Waals surface area contributed by atoms with Crippen LogP contribution in [0.25, 0.3) is 0 Å². The summed E-state index contributed by atoms with van der Waals surface area (Å²) < 4.78 is 24.9. The molecule has 0 unspecified atom stereocenters. The van der Waals surface area contributed by atoms with Gasteiger partial charge in [-0.15, -0.1) is 0 Å². The number of hydrogen-bond donors (Lipinski definition) is 0. The van der Waals surface area contributed by atoms with Crippen LogP contribution in [0.15, 0.2) is 52.5 Å². The lowest BCUT2D eigenvalue weighted by Gasteiger charge is -2.09. The van der Waals surface area contributed by atoms with Crippen LogP contribution in [0.2, 0.25) is 5.02 Å². The number of rotatable bonds is 3. The average Bonchev–Trinajstić information content (AvgIpc) is 2.46. The molecule has 0 spiro atoms. The number of benzene rings is 1. The van der Waals surface area contributed by atoms with Gasteiger partial charge in [-0.25, -0.2) is 8.42 Å². The van der Waals surface area contributed by atoms with Crippen molar-refractivity contribution < 1.29 is 13.2 Å². The SMILES string of the molecule is CC(C)N=c1ccccn1C(=O)c1ccc(Cl)c(S(C)(=O)=O)c1. The van der Waals surface area contributed by atoms with Crippen molar-refractivity contribution in [3.63, 3.8) is 0 Å². The maximum absolute atomic E-state index is 12.7. The second-order valence-corrected chi connectivity index (χ2v) is 7.77. The average molecular weight is 353 g/mol. The second kappa shape index (κ2) is 6.68. The van der Waals surface area contributed by atoms with Crippen molar-refractivity contribution in [2.45, 2.75) is 24.8 Å². The number of pyridine rings is 1. The van der Waals surface area contributed by atoms with Crippen molar-refractivity contribution in [1.82, 2.24) is 4.57 Å². The summed E-state index contributed by atoms with van der Waals surface area (Å²) in [5.74, 6) is -0.369. The van der Waals surface area contributed by atoms with Gasteiger partial charge in [0.25, 0.3) is 5.91 Å². The van der Waals surface area contributed by atoms with Crippen LogP contribution in [0.1, 0.15) is 24.2 Å². The molecule has 0 amide bonds. The summed E-state index contributed by atoms with van der Waals surface area (Å²) >= 11 is 5.92. The summed E-state index contributed by atoms with van der Waals surface area (Å²) in [6, 6.07) is 9.45. The first kappa shape index (κ1) is 17.4. The number of hydrogen-bond acceptors (Lipinski definition) is 4. The number of nitrogens with zero attached hydrogens (tertiary/aromatic N) is 2. The number of halogens is 1. The molecule has 23 heavy (non-hydrogen) atoms. The van der Waals surface area contributed by atoms with E-state index in [9.17, 15) is 13.2 Å². The minimum atomic E-state index is -3.52. The molecule has 1 aromatic heterocycles. The van der Waals surface area contributed by atoms with E-state index in [0.717, 1.165) is 6.26 Å². The van der Waals surface area contributed by atoms with E-state index in [2.05, 4.69) is 4.99 Å². The molecule has 0 aliphatic rings. The summed E-state index contributed by atoms with van der Waals surface area (Å²) in [6.45, 7) is 3.82. The standard InChI is InChI=1S/C16H17ClN2O3S/c1-11(2)18-15-6-4-5-9-19(15)16(20)12-7-8-13(17)14(10-12)23(3,21)22/h4-11H,1-3H3. The first-order valence-electron chi connectivity index (χ1n) is 6.96. The van der Waals surface area contributed by atoms with Crippen molar-refractivity contribution in [3.05, 3.63) is 58.7 Å². The Hall–Kier alpha value is -1.92. The van der Waals surface area contributed by atoms with E-state index in [1.165, 1.54) is 22.8 Å².